The van der Waals surface area contributed by atoms with Gasteiger partial charge in [-0.25, -0.2) is 9.78 Å². The Balaban J connectivity index is 1.50. The van der Waals surface area contributed by atoms with E-state index in [1.807, 2.05) is 18.2 Å². The second-order valence-electron chi connectivity index (χ2n) is 6.05. The summed E-state index contributed by atoms with van der Waals surface area (Å²) in [5.74, 6) is 0.535. The third kappa shape index (κ3) is 5.87. The van der Waals surface area contributed by atoms with Gasteiger partial charge in [0, 0.05) is 24.0 Å². The summed E-state index contributed by atoms with van der Waals surface area (Å²) >= 11 is 9.49. The maximum Gasteiger partial charge on any atom is 0.407 e. The van der Waals surface area contributed by atoms with E-state index in [9.17, 15) is 4.79 Å². The van der Waals surface area contributed by atoms with Gasteiger partial charge in [-0.3, -0.25) is 0 Å². The van der Waals surface area contributed by atoms with Crippen molar-refractivity contribution in [1.29, 1.82) is 0 Å². The van der Waals surface area contributed by atoms with Crippen LogP contribution in [-0.2, 0) is 11.3 Å². The molecule has 1 heterocycles. The maximum absolute atomic E-state index is 11.7. The number of aromatic nitrogens is 1. The molecule has 0 radical (unpaired) electrons. The van der Waals surface area contributed by atoms with Crippen LogP contribution in [0.2, 0.25) is 5.15 Å². The van der Waals surface area contributed by atoms with Crippen LogP contribution in [0.15, 0.2) is 39.6 Å². The van der Waals surface area contributed by atoms with Gasteiger partial charge in [-0.05, 0) is 37.8 Å². The zero-order valence-electron chi connectivity index (χ0n) is 14.5. The molecule has 1 aromatic heterocycles. The highest BCUT2D eigenvalue weighted by molar-refractivity contribution is 8.01. The molecular weight excluding hydrogens is 390 g/mol. The van der Waals surface area contributed by atoms with Gasteiger partial charge in [0.15, 0.2) is 4.34 Å². The van der Waals surface area contributed by atoms with Crippen LogP contribution in [0.1, 0.15) is 24.6 Å². The summed E-state index contributed by atoms with van der Waals surface area (Å²) in [6, 6.07) is 10.2. The minimum atomic E-state index is -0.344. The van der Waals surface area contributed by atoms with E-state index in [1.165, 1.54) is 0 Å². The Morgan fingerprint density at radius 2 is 2.19 bits per heavy atom. The summed E-state index contributed by atoms with van der Waals surface area (Å²) in [5.41, 5.74) is 0. The van der Waals surface area contributed by atoms with Crippen molar-refractivity contribution >= 4 is 40.8 Å². The summed E-state index contributed by atoms with van der Waals surface area (Å²) < 4.78 is 5.92. The lowest BCUT2D eigenvalue weighted by Crippen LogP contribution is -2.43. The first-order valence-corrected chi connectivity index (χ1v) is 10.7. The van der Waals surface area contributed by atoms with Gasteiger partial charge in [-0.1, -0.05) is 41.6 Å². The van der Waals surface area contributed by atoms with Gasteiger partial charge < -0.3 is 15.4 Å². The van der Waals surface area contributed by atoms with Crippen LogP contribution in [-0.4, -0.2) is 30.3 Å². The van der Waals surface area contributed by atoms with Crippen LogP contribution in [0.25, 0.3) is 0 Å². The fourth-order valence-electron chi connectivity index (χ4n) is 2.55. The molecule has 1 atom stereocenters. The van der Waals surface area contributed by atoms with Crippen molar-refractivity contribution < 1.29 is 9.53 Å². The molecule has 26 heavy (non-hydrogen) atoms. The number of benzene rings is 1. The van der Waals surface area contributed by atoms with Gasteiger partial charge in [0.05, 0.1) is 11.5 Å². The number of thiazole rings is 1. The molecule has 1 saturated carbocycles. The molecule has 1 fully saturated rings. The lowest BCUT2D eigenvalue weighted by molar-refractivity contribution is 0.146. The number of nitrogens with zero attached hydrogens (tertiary/aromatic N) is 1. The van der Waals surface area contributed by atoms with Crippen molar-refractivity contribution in [3.05, 3.63) is 40.4 Å². The Kier molecular flexibility index (Phi) is 7.19. The first kappa shape index (κ1) is 19.5. The number of ether oxygens (including phenoxy) is 1. The Hall–Kier alpha value is -1.28. The summed E-state index contributed by atoms with van der Waals surface area (Å²) in [4.78, 5) is 18.3. The Morgan fingerprint density at radius 3 is 2.88 bits per heavy atom. The van der Waals surface area contributed by atoms with Crippen LogP contribution in [0.3, 0.4) is 0 Å². The third-order valence-electron chi connectivity index (χ3n) is 4.00. The molecule has 140 valence electrons. The van der Waals surface area contributed by atoms with Crippen LogP contribution in [0.4, 0.5) is 4.79 Å². The molecule has 1 aliphatic rings. The fourth-order valence-corrected chi connectivity index (χ4v) is 4.96. The first-order valence-electron chi connectivity index (χ1n) is 8.67. The predicted octanol–water partition coefficient (Wildman–Crippen LogP) is 4.56. The molecule has 2 aromatic rings. The fraction of sp³-hybridized carbons (Fsp3) is 0.444. The molecule has 1 aliphatic carbocycles. The number of carbonyl (C=O) groups is 1. The molecule has 8 heteroatoms. The normalized spacial score (nSPS) is 14.8. The molecule has 0 aliphatic heterocycles. The van der Waals surface area contributed by atoms with Crippen LogP contribution in [0, 0.1) is 5.92 Å². The first-order chi connectivity index (χ1) is 12.7. The van der Waals surface area contributed by atoms with Crippen LogP contribution in [0.5, 0.6) is 0 Å². The highest BCUT2D eigenvalue weighted by atomic mass is 35.5. The van der Waals surface area contributed by atoms with E-state index >= 15 is 0 Å². The molecule has 0 bridgehead atoms. The van der Waals surface area contributed by atoms with Crippen molar-refractivity contribution in [2.75, 3.05) is 13.2 Å². The summed E-state index contributed by atoms with van der Waals surface area (Å²) in [7, 11) is 0. The minimum Gasteiger partial charge on any atom is -0.450 e. The highest BCUT2D eigenvalue weighted by Crippen LogP contribution is 2.35. The Morgan fingerprint density at radius 1 is 1.42 bits per heavy atom. The third-order valence-corrected chi connectivity index (χ3v) is 6.55. The van der Waals surface area contributed by atoms with E-state index in [4.69, 9.17) is 16.3 Å². The molecule has 1 unspecified atom stereocenters. The van der Waals surface area contributed by atoms with Gasteiger partial charge in [0.25, 0.3) is 0 Å². The quantitative estimate of drug-likeness (QED) is 0.633. The Bertz CT molecular complexity index is 722. The summed E-state index contributed by atoms with van der Waals surface area (Å²) in [6.07, 6.45) is 1.96. The number of amides is 1. The largest absolute Gasteiger partial charge is 0.450 e. The zero-order valence-corrected chi connectivity index (χ0v) is 16.9. The van der Waals surface area contributed by atoms with Crippen LogP contribution < -0.4 is 10.6 Å². The number of halogens is 1. The molecule has 1 aromatic carbocycles. The molecule has 0 spiro atoms. The van der Waals surface area contributed by atoms with Crippen molar-refractivity contribution in [3.8, 4) is 0 Å². The minimum absolute atomic E-state index is 0.0962. The Labute approximate surface area is 166 Å². The topological polar surface area (TPSA) is 63.2 Å². The molecule has 0 saturated heterocycles. The lowest BCUT2D eigenvalue weighted by atomic mass is 10.2. The van der Waals surface area contributed by atoms with E-state index < -0.39 is 0 Å². The summed E-state index contributed by atoms with van der Waals surface area (Å²) in [5, 5.41) is 6.88. The van der Waals surface area contributed by atoms with Crippen LogP contribution >= 0.6 is 34.7 Å². The van der Waals surface area contributed by atoms with Gasteiger partial charge in [-0.2, -0.15) is 0 Å². The maximum atomic E-state index is 11.7. The van der Waals surface area contributed by atoms with Crippen molar-refractivity contribution in [2.24, 2.45) is 5.92 Å². The SMILES string of the molecule is CCOC(=O)NC(CNCc1sc(Sc2ccccc2)nc1Cl)C1CC1. The average molecular weight is 412 g/mol. The number of hydrogen-bond donors (Lipinski definition) is 2. The van der Waals surface area contributed by atoms with Crippen molar-refractivity contribution in [3.63, 3.8) is 0 Å². The van der Waals surface area contributed by atoms with Gasteiger partial charge in [-0.15, -0.1) is 11.3 Å². The number of alkyl carbamates (subject to hydrolysis) is 1. The van der Waals surface area contributed by atoms with E-state index in [0.717, 1.165) is 27.0 Å². The molecule has 3 rings (SSSR count). The smallest absolute Gasteiger partial charge is 0.407 e. The number of nitrogens with one attached hydrogen (secondary N) is 2. The molecule has 1 amide bonds. The highest BCUT2D eigenvalue weighted by Gasteiger charge is 2.32. The number of carbonyl (C=O) groups excluding carboxylic acids is 1. The number of rotatable bonds is 9. The summed E-state index contributed by atoms with van der Waals surface area (Å²) in [6.45, 7) is 3.52. The van der Waals surface area contributed by atoms with Gasteiger partial charge in [0.1, 0.15) is 5.15 Å². The van der Waals surface area contributed by atoms with E-state index in [1.54, 1.807) is 30.0 Å². The van der Waals surface area contributed by atoms with Gasteiger partial charge in [0.2, 0.25) is 0 Å². The second kappa shape index (κ2) is 9.60. The van der Waals surface area contributed by atoms with E-state index in [-0.39, 0.29) is 12.1 Å². The second-order valence-corrected chi connectivity index (χ2v) is 8.81. The van der Waals surface area contributed by atoms with E-state index in [2.05, 4.69) is 27.8 Å². The monoisotopic (exact) mass is 411 g/mol. The molecule has 5 nitrogen and oxygen atoms in total. The standard InChI is InChI=1S/C18H22ClN3O2S2/c1-2-24-17(23)21-14(12-8-9-12)10-20-11-15-16(19)22-18(26-15)25-13-6-4-3-5-7-13/h3-7,12,14,20H,2,8-11H2,1H3,(H,21,23). The van der Waals surface area contributed by atoms with Gasteiger partial charge >= 0.3 is 6.09 Å². The molecular formula is C18H22ClN3O2S2. The van der Waals surface area contributed by atoms with Crippen molar-refractivity contribution in [2.45, 2.75) is 41.6 Å². The zero-order chi connectivity index (χ0) is 18.4. The van der Waals surface area contributed by atoms with Crippen molar-refractivity contribution in [1.82, 2.24) is 15.6 Å². The van der Waals surface area contributed by atoms with E-state index in [0.29, 0.717) is 30.8 Å². The molecule has 2 N–H and O–H groups in total. The predicted molar refractivity (Wildman–Crippen MR) is 106 cm³/mol. The number of hydrogen-bond acceptors (Lipinski definition) is 6. The average Bonchev–Trinajstić information content (AvgIpc) is 3.40. The lowest BCUT2D eigenvalue weighted by Gasteiger charge is -2.18.